The molecule has 2 N–H and O–H groups in total. The number of phenolic OH excluding ortho intramolecular Hbond substituents is 1. The average Bonchev–Trinajstić information content (AvgIpc) is 2.46. The van der Waals surface area contributed by atoms with Gasteiger partial charge in [0.2, 0.25) is 18.7 Å². The summed E-state index contributed by atoms with van der Waals surface area (Å²) in [4.78, 5) is 35.0. The van der Waals surface area contributed by atoms with Crippen LogP contribution in [0.3, 0.4) is 0 Å². The van der Waals surface area contributed by atoms with Gasteiger partial charge in [0, 0.05) is 6.54 Å². The van der Waals surface area contributed by atoms with Crippen LogP contribution in [-0.4, -0.2) is 34.8 Å². The first-order valence-electron chi connectivity index (χ1n) is 6.77. The van der Waals surface area contributed by atoms with E-state index in [4.69, 9.17) is 0 Å². The maximum atomic E-state index is 11.9. The van der Waals surface area contributed by atoms with Crippen molar-refractivity contribution in [3.63, 3.8) is 0 Å². The van der Waals surface area contributed by atoms with Gasteiger partial charge in [-0.25, -0.2) is 0 Å². The van der Waals surface area contributed by atoms with Crippen LogP contribution in [0, 0.1) is 6.92 Å². The second-order valence-electron chi connectivity index (χ2n) is 4.82. The third kappa shape index (κ3) is 4.59. The van der Waals surface area contributed by atoms with E-state index in [2.05, 4.69) is 5.32 Å². The molecule has 0 radical (unpaired) electrons. The highest BCUT2D eigenvalue weighted by Gasteiger charge is 2.24. The minimum Gasteiger partial charge on any atom is -0.508 e. The number of rotatable bonds is 8. The normalized spacial score (nSPS) is 11.5. The number of hydrogen-bond acceptors (Lipinski definition) is 4. The molecule has 0 aliphatic heterocycles. The first-order valence-corrected chi connectivity index (χ1v) is 6.77. The number of aromatic hydroxyl groups is 1. The Morgan fingerprint density at radius 1 is 1.43 bits per heavy atom. The minimum absolute atomic E-state index is 0.103. The van der Waals surface area contributed by atoms with Crippen LogP contribution in [0.1, 0.15) is 30.9 Å². The van der Waals surface area contributed by atoms with Crippen molar-refractivity contribution in [2.24, 2.45) is 0 Å². The summed E-state index contributed by atoms with van der Waals surface area (Å²) in [6.45, 7) is 3.95. The molecule has 0 aliphatic rings. The topological polar surface area (TPSA) is 86.7 Å². The molecule has 21 heavy (non-hydrogen) atoms. The van der Waals surface area contributed by atoms with Gasteiger partial charge in [-0.05, 0) is 36.6 Å². The molecule has 0 heterocycles. The zero-order chi connectivity index (χ0) is 15.8. The van der Waals surface area contributed by atoms with Crippen LogP contribution >= 0.6 is 0 Å². The lowest BCUT2D eigenvalue weighted by atomic mass is 10.1. The number of imide groups is 1. The monoisotopic (exact) mass is 292 g/mol. The minimum atomic E-state index is -0.709. The van der Waals surface area contributed by atoms with Crippen LogP contribution < -0.4 is 5.32 Å². The van der Waals surface area contributed by atoms with Crippen molar-refractivity contribution in [1.29, 1.82) is 0 Å². The largest absolute Gasteiger partial charge is 0.508 e. The van der Waals surface area contributed by atoms with Gasteiger partial charge in [0.1, 0.15) is 11.8 Å². The Morgan fingerprint density at radius 2 is 2.14 bits per heavy atom. The van der Waals surface area contributed by atoms with Crippen LogP contribution in [0.2, 0.25) is 0 Å². The molecule has 0 aliphatic carbocycles. The Balaban J connectivity index is 2.97. The molecule has 0 saturated heterocycles. The van der Waals surface area contributed by atoms with Gasteiger partial charge >= 0.3 is 0 Å². The SMILES string of the molecule is CCCC(C(=O)NC=O)N(C=O)Cc1cc(O)ccc1C. The van der Waals surface area contributed by atoms with Crippen LogP contribution in [0.5, 0.6) is 5.75 Å². The molecule has 1 aromatic carbocycles. The lowest BCUT2D eigenvalue weighted by Crippen LogP contribution is -2.45. The molecule has 6 nitrogen and oxygen atoms in total. The summed E-state index contributed by atoms with van der Waals surface area (Å²) in [5.74, 6) is -0.400. The van der Waals surface area contributed by atoms with Gasteiger partial charge in [0.25, 0.3) is 0 Å². The Bertz CT molecular complexity index is 516. The summed E-state index contributed by atoms with van der Waals surface area (Å²) in [5, 5.41) is 11.6. The zero-order valence-electron chi connectivity index (χ0n) is 12.2. The fourth-order valence-corrected chi connectivity index (χ4v) is 2.12. The van der Waals surface area contributed by atoms with Gasteiger partial charge in [-0.1, -0.05) is 19.4 Å². The van der Waals surface area contributed by atoms with Crippen molar-refractivity contribution in [2.75, 3.05) is 0 Å². The van der Waals surface area contributed by atoms with Gasteiger partial charge in [-0.2, -0.15) is 0 Å². The van der Waals surface area contributed by atoms with E-state index in [-0.39, 0.29) is 12.3 Å². The predicted octanol–water partition coefficient (Wildman–Crippen LogP) is 1.10. The number of amides is 3. The Hall–Kier alpha value is -2.37. The quantitative estimate of drug-likeness (QED) is 0.702. The van der Waals surface area contributed by atoms with Crippen LogP contribution in [0.15, 0.2) is 18.2 Å². The number of nitrogens with zero attached hydrogens (tertiary/aromatic N) is 1. The molecule has 0 spiro atoms. The molecule has 0 fully saturated rings. The van der Waals surface area contributed by atoms with Crippen molar-refractivity contribution >= 4 is 18.7 Å². The highest BCUT2D eigenvalue weighted by molar-refractivity contribution is 5.91. The molecule has 1 rings (SSSR count). The fraction of sp³-hybridized carbons (Fsp3) is 0.400. The Morgan fingerprint density at radius 3 is 2.71 bits per heavy atom. The molecule has 6 heteroatoms. The third-order valence-corrected chi connectivity index (χ3v) is 3.29. The third-order valence-electron chi connectivity index (χ3n) is 3.29. The van der Waals surface area contributed by atoms with E-state index in [0.717, 1.165) is 11.1 Å². The summed E-state index contributed by atoms with van der Waals surface area (Å²) in [6, 6.07) is 4.16. The van der Waals surface area contributed by atoms with E-state index in [9.17, 15) is 19.5 Å². The van der Waals surface area contributed by atoms with Crippen molar-refractivity contribution in [3.05, 3.63) is 29.3 Å². The predicted molar refractivity (Wildman–Crippen MR) is 77.4 cm³/mol. The molecule has 0 saturated carbocycles. The van der Waals surface area contributed by atoms with Gasteiger partial charge in [0.05, 0.1) is 0 Å². The number of hydrogen-bond donors (Lipinski definition) is 2. The number of carbonyl (C=O) groups is 3. The molecule has 1 atom stereocenters. The molecule has 1 unspecified atom stereocenters. The maximum Gasteiger partial charge on any atom is 0.249 e. The molecule has 1 aromatic rings. The van der Waals surface area contributed by atoms with Crippen molar-refractivity contribution < 1.29 is 19.5 Å². The zero-order valence-corrected chi connectivity index (χ0v) is 12.2. The summed E-state index contributed by atoms with van der Waals surface area (Å²) in [6.07, 6.45) is 2.05. The first kappa shape index (κ1) is 16.7. The molecule has 114 valence electrons. The summed E-state index contributed by atoms with van der Waals surface area (Å²) in [7, 11) is 0. The highest BCUT2D eigenvalue weighted by Crippen LogP contribution is 2.19. The molecular formula is C15H20N2O4. The van der Waals surface area contributed by atoms with E-state index in [1.165, 1.54) is 4.90 Å². The van der Waals surface area contributed by atoms with Crippen LogP contribution in [0.25, 0.3) is 0 Å². The van der Waals surface area contributed by atoms with Gasteiger partial charge < -0.3 is 10.0 Å². The maximum absolute atomic E-state index is 11.9. The number of phenols is 1. The standard InChI is InChI=1S/C15H20N2O4/c1-3-4-14(15(21)16-9-18)17(10-19)8-12-7-13(20)6-5-11(12)2/h5-7,9-10,14,20H,3-4,8H2,1-2H3,(H,16,18,21). The van der Waals surface area contributed by atoms with Gasteiger partial charge in [-0.15, -0.1) is 0 Å². The smallest absolute Gasteiger partial charge is 0.249 e. The molecule has 0 aromatic heterocycles. The highest BCUT2D eigenvalue weighted by atomic mass is 16.3. The lowest BCUT2D eigenvalue weighted by Gasteiger charge is -2.27. The second kappa shape index (κ2) is 8.04. The molecule has 3 amide bonds. The molecular weight excluding hydrogens is 272 g/mol. The van der Waals surface area contributed by atoms with Crippen molar-refractivity contribution in [3.8, 4) is 5.75 Å². The Labute approximate surface area is 123 Å². The molecule has 0 bridgehead atoms. The van der Waals surface area contributed by atoms with Crippen LogP contribution in [-0.2, 0) is 20.9 Å². The Kier molecular flexibility index (Phi) is 6.39. The number of benzene rings is 1. The number of carbonyl (C=O) groups excluding carboxylic acids is 3. The lowest BCUT2D eigenvalue weighted by molar-refractivity contribution is -0.135. The van der Waals surface area contributed by atoms with Crippen molar-refractivity contribution in [1.82, 2.24) is 10.2 Å². The summed E-state index contributed by atoms with van der Waals surface area (Å²) < 4.78 is 0. The van der Waals surface area contributed by atoms with E-state index in [1.54, 1.807) is 18.2 Å². The summed E-state index contributed by atoms with van der Waals surface area (Å²) in [5.41, 5.74) is 1.66. The number of nitrogens with one attached hydrogen (secondary N) is 1. The number of aryl methyl sites for hydroxylation is 1. The summed E-state index contributed by atoms with van der Waals surface area (Å²) >= 11 is 0. The fourth-order valence-electron chi connectivity index (χ4n) is 2.12. The van der Waals surface area contributed by atoms with E-state index >= 15 is 0 Å². The van der Waals surface area contributed by atoms with E-state index < -0.39 is 11.9 Å². The van der Waals surface area contributed by atoms with Gasteiger partial charge in [-0.3, -0.25) is 19.7 Å². The van der Waals surface area contributed by atoms with E-state index in [0.29, 0.717) is 25.7 Å². The average molecular weight is 292 g/mol. The van der Waals surface area contributed by atoms with Gasteiger partial charge in [0.15, 0.2) is 0 Å². The van der Waals surface area contributed by atoms with Crippen LogP contribution in [0.4, 0.5) is 0 Å². The van der Waals surface area contributed by atoms with E-state index in [1.807, 2.05) is 13.8 Å². The van der Waals surface area contributed by atoms with Crippen molar-refractivity contribution in [2.45, 2.75) is 39.3 Å². The second-order valence-corrected chi connectivity index (χ2v) is 4.82. The first-order chi connectivity index (χ1) is 10.0.